The number of furan rings is 1. The fraction of sp³-hybridized carbons (Fsp3) is 0.667. The number of amides is 1. The lowest BCUT2D eigenvalue weighted by Gasteiger charge is -2.21. The summed E-state index contributed by atoms with van der Waals surface area (Å²) in [6.45, 7) is 2.41. The molecule has 0 spiro atoms. The predicted molar refractivity (Wildman–Crippen MR) is 93.9 cm³/mol. The van der Waals surface area contributed by atoms with E-state index in [-0.39, 0.29) is 12.0 Å². The topological polar surface area (TPSA) is 69.9 Å². The first-order valence-corrected chi connectivity index (χ1v) is 9.04. The van der Waals surface area contributed by atoms with E-state index in [9.17, 15) is 4.79 Å². The molecule has 2 N–H and O–H groups in total. The number of nitrogens with one attached hydrogen (secondary N) is 2. The van der Waals surface area contributed by atoms with Crippen molar-refractivity contribution in [3.63, 3.8) is 0 Å². The number of guanidine groups is 1. The summed E-state index contributed by atoms with van der Waals surface area (Å²) in [5.41, 5.74) is 0. The van der Waals surface area contributed by atoms with Crippen LogP contribution in [0.4, 0.5) is 0 Å². The zero-order chi connectivity index (χ0) is 16.8. The molecule has 1 amide bonds. The predicted octanol–water partition coefficient (Wildman–Crippen LogP) is 1.78. The second-order valence-electron chi connectivity index (χ2n) is 6.72. The van der Waals surface area contributed by atoms with Gasteiger partial charge >= 0.3 is 0 Å². The Balaban J connectivity index is 1.40. The molecule has 2 aliphatic rings. The van der Waals surface area contributed by atoms with Crippen molar-refractivity contribution in [3.05, 3.63) is 24.2 Å². The van der Waals surface area contributed by atoms with Crippen LogP contribution < -0.4 is 10.6 Å². The minimum atomic E-state index is 0.273. The molecule has 2 fully saturated rings. The molecule has 1 unspecified atom stereocenters. The van der Waals surface area contributed by atoms with Gasteiger partial charge < -0.3 is 20.0 Å². The van der Waals surface area contributed by atoms with Gasteiger partial charge in [-0.3, -0.25) is 9.79 Å². The van der Waals surface area contributed by atoms with E-state index in [0.29, 0.717) is 5.91 Å². The van der Waals surface area contributed by atoms with Crippen LogP contribution in [0.15, 0.2) is 27.8 Å². The normalized spacial score (nSPS) is 22.1. The fourth-order valence-electron chi connectivity index (χ4n) is 3.66. The van der Waals surface area contributed by atoms with E-state index < -0.39 is 0 Å². The standard InChI is InChI=1S/C18H28N4O2/c1-19-18(20-10-8-16-7-4-12-24-16)21-15-9-11-22(13-15)17(23)14-5-2-3-6-14/h4,7,12,14-15H,2-3,5-6,8-11,13H2,1H3,(H2,19,20,21). The highest BCUT2D eigenvalue weighted by Gasteiger charge is 2.32. The first-order valence-electron chi connectivity index (χ1n) is 9.04. The highest BCUT2D eigenvalue weighted by Crippen LogP contribution is 2.27. The quantitative estimate of drug-likeness (QED) is 0.637. The Labute approximate surface area is 143 Å². The Kier molecular flexibility index (Phi) is 5.77. The zero-order valence-corrected chi connectivity index (χ0v) is 14.5. The number of nitrogens with zero attached hydrogens (tertiary/aromatic N) is 2. The summed E-state index contributed by atoms with van der Waals surface area (Å²) in [5.74, 6) is 2.39. The van der Waals surface area contributed by atoms with Gasteiger partial charge in [0.1, 0.15) is 5.76 Å². The molecule has 1 atom stereocenters. The maximum atomic E-state index is 12.5. The molecule has 0 bridgehead atoms. The molecule has 3 rings (SSSR count). The summed E-state index contributed by atoms with van der Waals surface area (Å²) in [5, 5.41) is 6.74. The third kappa shape index (κ3) is 4.30. The number of carbonyl (C=O) groups is 1. The van der Waals surface area contributed by atoms with Gasteiger partial charge in [0.15, 0.2) is 5.96 Å². The van der Waals surface area contributed by atoms with Crippen LogP contribution in [0.25, 0.3) is 0 Å². The van der Waals surface area contributed by atoms with Gasteiger partial charge in [-0.05, 0) is 31.4 Å². The van der Waals surface area contributed by atoms with Crippen LogP contribution in [-0.2, 0) is 11.2 Å². The first kappa shape index (κ1) is 16.9. The highest BCUT2D eigenvalue weighted by molar-refractivity contribution is 5.81. The van der Waals surface area contributed by atoms with Crippen LogP contribution in [0, 0.1) is 5.92 Å². The van der Waals surface area contributed by atoms with Gasteiger partial charge in [0.25, 0.3) is 0 Å². The molecule has 1 aliphatic heterocycles. The molecule has 0 radical (unpaired) electrons. The molecule has 1 aromatic rings. The molecular formula is C18H28N4O2. The molecule has 1 saturated carbocycles. The number of hydrogen-bond acceptors (Lipinski definition) is 3. The van der Waals surface area contributed by atoms with Crippen molar-refractivity contribution in [3.8, 4) is 0 Å². The van der Waals surface area contributed by atoms with Crippen molar-refractivity contribution in [1.29, 1.82) is 0 Å². The molecule has 6 nitrogen and oxygen atoms in total. The van der Waals surface area contributed by atoms with Gasteiger partial charge in [-0.15, -0.1) is 0 Å². The zero-order valence-electron chi connectivity index (χ0n) is 14.5. The summed E-state index contributed by atoms with van der Waals surface area (Å²) in [6.07, 6.45) is 8.06. The maximum Gasteiger partial charge on any atom is 0.225 e. The second-order valence-corrected chi connectivity index (χ2v) is 6.72. The molecule has 24 heavy (non-hydrogen) atoms. The molecule has 1 saturated heterocycles. The first-order chi connectivity index (χ1) is 11.8. The lowest BCUT2D eigenvalue weighted by atomic mass is 10.1. The largest absolute Gasteiger partial charge is 0.469 e. The van der Waals surface area contributed by atoms with Crippen LogP contribution in [0.3, 0.4) is 0 Å². The Morgan fingerprint density at radius 2 is 2.21 bits per heavy atom. The van der Waals surface area contributed by atoms with Crippen molar-refractivity contribution in [2.75, 3.05) is 26.7 Å². The van der Waals surface area contributed by atoms with Crippen LogP contribution in [0.5, 0.6) is 0 Å². The molecule has 1 aromatic heterocycles. The molecule has 132 valence electrons. The van der Waals surface area contributed by atoms with E-state index in [1.807, 2.05) is 17.0 Å². The molecule has 6 heteroatoms. The van der Waals surface area contributed by atoms with E-state index in [1.165, 1.54) is 12.8 Å². The molecule has 2 heterocycles. The average Bonchev–Trinajstić information content (AvgIpc) is 3.34. The van der Waals surface area contributed by atoms with Crippen molar-refractivity contribution < 1.29 is 9.21 Å². The molecular weight excluding hydrogens is 304 g/mol. The third-order valence-corrected chi connectivity index (χ3v) is 5.01. The number of likely N-dealkylation sites (tertiary alicyclic amines) is 1. The minimum Gasteiger partial charge on any atom is -0.469 e. The van der Waals surface area contributed by atoms with Crippen LogP contribution in [0.2, 0.25) is 0 Å². The Hall–Kier alpha value is -1.98. The van der Waals surface area contributed by atoms with Gasteiger partial charge in [-0.1, -0.05) is 12.8 Å². The van der Waals surface area contributed by atoms with Gasteiger partial charge in [0.05, 0.1) is 6.26 Å². The Morgan fingerprint density at radius 3 is 2.92 bits per heavy atom. The van der Waals surface area contributed by atoms with Gasteiger partial charge in [-0.25, -0.2) is 0 Å². The Bertz CT molecular complexity index is 549. The van der Waals surface area contributed by atoms with Gasteiger partial charge in [0.2, 0.25) is 5.91 Å². The van der Waals surface area contributed by atoms with Crippen molar-refractivity contribution >= 4 is 11.9 Å². The summed E-state index contributed by atoms with van der Waals surface area (Å²) in [4.78, 5) is 18.8. The monoisotopic (exact) mass is 332 g/mol. The number of aliphatic imine (C=N–C) groups is 1. The SMILES string of the molecule is CN=C(NCCc1ccco1)NC1CCN(C(=O)C2CCCC2)C1. The molecule has 0 aromatic carbocycles. The number of hydrogen-bond donors (Lipinski definition) is 2. The fourth-order valence-corrected chi connectivity index (χ4v) is 3.66. The van der Waals surface area contributed by atoms with Crippen LogP contribution in [0.1, 0.15) is 37.9 Å². The second kappa shape index (κ2) is 8.22. The highest BCUT2D eigenvalue weighted by atomic mass is 16.3. The summed E-state index contributed by atoms with van der Waals surface area (Å²) in [7, 11) is 1.78. The summed E-state index contributed by atoms with van der Waals surface area (Å²) in [6, 6.07) is 4.16. The minimum absolute atomic E-state index is 0.273. The van der Waals surface area contributed by atoms with Gasteiger partial charge in [-0.2, -0.15) is 0 Å². The van der Waals surface area contributed by atoms with Crippen molar-refractivity contribution in [2.24, 2.45) is 10.9 Å². The van der Waals surface area contributed by atoms with E-state index in [1.54, 1.807) is 13.3 Å². The average molecular weight is 332 g/mol. The van der Waals surface area contributed by atoms with Crippen LogP contribution in [-0.4, -0.2) is 49.5 Å². The van der Waals surface area contributed by atoms with E-state index in [2.05, 4.69) is 15.6 Å². The Morgan fingerprint density at radius 1 is 1.38 bits per heavy atom. The maximum absolute atomic E-state index is 12.5. The van der Waals surface area contributed by atoms with Crippen molar-refractivity contribution in [2.45, 2.75) is 44.6 Å². The lowest BCUT2D eigenvalue weighted by Crippen LogP contribution is -2.45. The number of rotatable bonds is 5. The van der Waals surface area contributed by atoms with E-state index in [0.717, 1.165) is 57.0 Å². The molecule has 1 aliphatic carbocycles. The smallest absolute Gasteiger partial charge is 0.225 e. The summed E-state index contributed by atoms with van der Waals surface area (Å²) >= 11 is 0. The van der Waals surface area contributed by atoms with E-state index in [4.69, 9.17) is 4.42 Å². The number of carbonyl (C=O) groups excluding carboxylic acids is 1. The van der Waals surface area contributed by atoms with Gasteiger partial charge in [0, 0.05) is 45.1 Å². The van der Waals surface area contributed by atoms with E-state index >= 15 is 0 Å². The van der Waals surface area contributed by atoms with Crippen molar-refractivity contribution in [1.82, 2.24) is 15.5 Å². The third-order valence-electron chi connectivity index (χ3n) is 5.01. The lowest BCUT2D eigenvalue weighted by molar-refractivity contribution is -0.134. The summed E-state index contributed by atoms with van der Waals surface area (Å²) < 4.78 is 5.33. The van der Waals surface area contributed by atoms with Crippen LogP contribution >= 0.6 is 0 Å².